The molecule has 0 amide bonds. The van der Waals surface area contributed by atoms with Crippen molar-refractivity contribution in [2.75, 3.05) is 12.8 Å². The van der Waals surface area contributed by atoms with Gasteiger partial charge < -0.3 is 15.2 Å². The molecule has 0 unspecified atom stereocenters. The minimum absolute atomic E-state index is 0.0314. The Morgan fingerprint density at radius 1 is 1.16 bits per heavy atom. The molecule has 0 bridgehead atoms. The van der Waals surface area contributed by atoms with E-state index >= 15 is 0 Å². The number of nitriles is 1. The average molecular weight is 430 g/mol. The van der Waals surface area contributed by atoms with Crippen LogP contribution in [0.1, 0.15) is 35.2 Å². The summed E-state index contributed by atoms with van der Waals surface area (Å²) in [6, 6.07) is 13.9. The highest BCUT2D eigenvalue weighted by Crippen LogP contribution is 2.39. The van der Waals surface area contributed by atoms with Gasteiger partial charge in [-0.2, -0.15) is 5.26 Å². The Balaban J connectivity index is 1.65. The van der Waals surface area contributed by atoms with Crippen molar-refractivity contribution < 1.29 is 14.4 Å². The first-order valence-electron chi connectivity index (χ1n) is 10.3. The van der Waals surface area contributed by atoms with E-state index in [9.17, 15) is 15.4 Å². The number of nitrogens with zero attached hydrogens (tertiary/aromatic N) is 3. The molecule has 1 heterocycles. The summed E-state index contributed by atoms with van der Waals surface area (Å²) >= 11 is 0. The number of fused-ring (bicyclic) bond motifs is 1. The molecule has 1 aromatic heterocycles. The molecule has 2 aromatic carbocycles. The number of aromatic nitrogens is 1. The third-order valence-electron chi connectivity index (χ3n) is 5.61. The number of nitro benzene ring substituents is 1. The van der Waals surface area contributed by atoms with Crippen LogP contribution in [0.25, 0.3) is 11.1 Å². The van der Waals surface area contributed by atoms with Gasteiger partial charge in [0.05, 0.1) is 12.0 Å². The Hall–Kier alpha value is -4.12. The van der Waals surface area contributed by atoms with Crippen molar-refractivity contribution in [3.8, 4) is 28.7 Å². The number of hydrogen-bond donors (Lipinski definition) is 1. The van der Waals surface area contributed by atoms with Crippen LogP contribution in [0.5, 0.6) is 11.5 Å². The van der Waals surface area contributed by atoms with Gasteiger partial charge in [0.1, 0.15) is 24.1 Å². The molecule has 8 nitrogen and oxygen atoms in total. The number of aryl methyl sites for hydroxylation is 1. The highest BCUT2D eigenvalue weighted by molar-refractivity contribution is 5.80. The summed E-state index contributed by atoms with van der Waals surface area (Å²) in [7, 11) is 1.55. The predicted molar refractivity (Wildman–Crippen MR) is 119 cm³/mol. The molecule has 0 aliphatic heterocycles. The van der Waals surface area contributed by atoms with E-state index in [1.54, 1.807) is 25.3 Å². The number of ether oxygens (including phenoxy) is 2. The molecule has 0 spiro atoms. The minimum atomic E-state index is -0.438. The number of nitrogen functional groups attached to an aromatic ring is 1. The van der Waals surface area contributed by atoms with E-state index in [4.69, 9.17) is 15.2 Å². The number of hydrogen-bond acceptors (Lipinski definition) is 7. The number of pyridine rings is 1. The van der Waals surface area contributed by atoms with Gasteiger partial charge in [0.2, 0.25) is 0 Å². The molecular formula is C24H22N4O4. The fourth-order valence-electron chi connectivity index (χ4n) is 4.01. The van der Waals surface area contributed by atoms with E-state index < -0.39 is 4.92 Å². The zero-order valence-electron chi connectivity index (χ0n) is 17.6. The maximum Gasteiger partial charge on any atom is 0.269 e. The molecule has 4 rings (SSSR count). The minimum Gasteiger partial charge on any atom is -0.493 e. The van der Waals surface area contributed by atoms with Crippen LogP contribution >= 0.6 is 0 Å². The molecular weight excluding hydrogens is 408 g/mol. The van der Waals surface area contributed by atoms with Crippen LogP contribution in [-0.4, -0.2) is 17.0 Å². The smallest absolute Gasteiger partial charge is 0.269 e. The number of benzene rings is 2. The van der Waals surface area contributed by atoms with Crippen LogP contribution < -0.4 is 15.2 Å². The fraction of sp³-hybridized carbons (Fsp3) is 0.250. The molecule has 2 N–H and O–H groups in total. The van der Waals surface area contributed by atoms with Crippen molar-refractivity contribution >= 4 is 11.5 Å². The molecule has 32 heavy (non-hydrogen) atoms. The van der Waals surface area contributed by atoms with E-state index in [1.807, 2.05) is 12.1 Å². The van der Waals surface area contributed by atoms with Crippen LogP contribution in [-0.2, 0) is 19.4 Å². The van der Waals surface area contributed by atoms with Gasteiger partial charge in [0, 0.05) is 23.4 Å². The van der Waals surface area contributed by atoms with Crippen LogP contribution in [0.4, 0.5) is 11.5 Å². The number of rotatable bonds is 6. The Morgan fingerprint density at radius 3 is 2.59 bits per heavy atom. The summed E-state index contributed by atoms with van der Waals surface area (Å²) in [5.74, 6) is 1.30. The quantitative estimate of drug-likeness (QED) is 0.448. The molecule has 162 valence electrons. The highest BCUT2D eigenvalue weighted by Gasteiger charge is 2.23. The van der Waals surface area contributed by atoms with Crippen LogP contribution in [0.3, 0.4) is 0 Å². The standard InChI is InChI=1S/C24H22N4O4/c1-31-22-12-16(23-18-4-2-3-5-20(18)27-24(26)19(23)13-25)8-11-21(22)32-14-15-6-9-17(10-7-15)28(29)30/h6-12H,2-5,14H2,1H3,(H2,26,27). The lowest BCUT2D eigenvalue weighted by atomic mass is 9.86. The third-order valence-corrected chi connectivity index (χ3v) is 5.61. The summed E-state index contributed by atoms with van der Waals surface area (Å²) in [4.78, 5) is 14.8. The molecule has 0 radical (unpaired) electrons. The molecule has 0 saturated carbocycles. The Labute approximate surface area is 185 Å². The molecule has 1 aliphatic rings. The fourth-order valence-corrected chi connectivity index (χ4v) is 4.01. The first-order valence-corrected chi connectivity index (χ1v) is 10.3. The van der Waals surface area contributed by atoms with Gasteiger partial charge in [0.25, 0.3) is 5.69 Å². The Kier molecular flexibility index (Phi) is 5.90. The van der Waals surface area contributed by atoms with Gasteiger partial charge in [-0.15, -0.1) is 0 Å². The summed E-state index contributed by atoms with van der Waals surface area (Å²) in [6.45, 7) is 0.231. The maximum atomic E-state index is 10.8. The molecule has 8 heteroatoms. The van der Waals surface area contributed by atoms with E-state index in [0.29, 0.717) is 17.1 Å². The number of nitrogens with two attached hydrogens (primary N) is 1. The first kappa shape index (κ1) is 21.1. The van der Waals surface area contributed by atoms with Crippen molar-refractivity contribution in [2.24, 2.45) is 0 Å². The summed E-state index contributed by atoms with van der Waals surface area (Å²) < 4.78 is 11.5. The largest absolute Gasteiger partial charge is 0.493 e. The Morgan fingerprint density at radius 2 is 1.91 bits per heavy atom. The lowest BCUT2D eigenvalue weighted by Gasteiger charge is -2.21. The van der Waals surface area contributed by atoms with Gasteiger partial charge in [-0.25, -0.2) is 4.98 Å². The van der Waals surface area contributed by atoms with Gasteiger partial charge in [0.15, 0.2) is 11.5 Å². The third kappa shape index (κ3) is 4.05. The second kappa shape index (κ2) is 8.94. The summed E-state index contributed by atoms with van der Waals surface area (Å²) in [6.07, 6.45) is 3.81. The lowest BCUT2D eigenvalue weighted by Crippen LogP contribution is -2.12. The molecule has 0 saturated heterocycles. The monoisotopic (exact) mass is 430 g/mol. The number of anilines is 1. The lowest BCUT2D eigenvalue weighted by molar-refractivity contribution is -0.384. The summed E-state index contributed by atoms with van der Waals surface area (Å²) in [5.41, 5.74) is 11.0. The van der Waals surface area contributed by atoms with Crippen LogP contribution in [0.2, 0.25) is 0 Å². The zero-order chi connectivity index (χ0) is 22.7. The van der Waals surface area contributed by atoms with Crippen molar-refractivity contribution in [3.63, 3.8) is 0 Å². The van der Waals surface area contributed by atoms with E-state index in [0.717, 1.165) is 53.6 Å². The highest BCUT2D eigenvalue weighted by atomic mass is 16.6. The Bertz CT molecular complexity index is 1220. The number of methoxy groups -OCH3 is 1. The van der Waals surface area contributed by atoms with Gasteiger partial charge in [-0.1, -0.05) is 6.07 Å². The van der Waals surface area contributed by atoms with Crippen molar-refractivity contribution in [3.05, 3.63) is 75.0 Å². The van der Waals surface area contributed by atoms with Crippen LogP contribution in [0, 0.1) is 21.4 Å². The second-order valence-corrected chi connectivity index (χ2v) is 7.57. The normalized spacial score (nSPS) is 12.5. The second-order valence-electron chi connectivity index (χ2n) is 7.57. The average Bonchev–Trinajstić information content (AvgIpc) is 2.82. The summed E-state index contributed by atoms with van der Waals surface area (Å²) in [5, 5.41) is 20.5. The van der Waals surface area contributed by atoms with E-state index in [1.165, 1.54) is 12.1 Å². The molecule has 0 atom stereocenters. The molecule has 1 aliphatic carbocycles. The van der Waals surface area contributed by atoms with Crippen molar-refractivity contribution in [1.82, 2.24) is 4.98 Å². The topological polar surface area (TPSA) is 124 Å². The van der Waals surface area contributed by atoms with Crippen LogP contribution in [0.15, 0.2) is 42.5 Å². The predicted octanol–water partition coefficient (Wildman–Crippen LogP) is 4.58. The van der Waals surface area contributed by atoms with E-state index in [2.05, 4.69) is 11.1 Å². The number of nitro groups is 1. The van der Waals surface area contributed by atoms with Crippen molar-refractivity contribution in [2.45, 2.75) is 32.3 Å². The van der Waals surface area contributed by atoms with Crippen molar-refractivity contribution in [1.29, 1.82) is 5.26 Å². The zero-order valence-corrected chi connectivity index (χ0v) is 17.6. The van der Waals surface area contributed by atoms with E-state index in [-0.39, 0.29) is 18.1 Å². The van der Waals surface area contributed by atoms with Gasteiger partial charge in [-0.3, -0.25) is 10.1 Å². The number of non-ortho nitro benzene ring substituents is 1. The SMILES string of the molecule is COc1cc(-c2c(C#N)c(N)nc3c2CCCC3)ccc1OCc1ccc([N+](=O)[O-])cc1. The maximum absolute atomic E-state index is 10.8. The van der Waals surface area contributed by atoms with Gasteiger partial charge in [-0.05, 0) is 66.6 Å². The first-order chi connectivity index (χ1) is 15.5. The molecule has 0 fully saturated rings. The molecule has 3 aromatic rings. The van der Waals surface area contributed by atoms with Gasteiger partial charge >= 0.3 is 0 Å².